The molecule has 1 N–H and O–H groups in total. The minimum Gasteiger partial charge on any atom is -0.326 e. The Kier molecular flexibility index (Phi) is 7.45. The third-order valence-corrected chi connectivity index (χ3v) is 5.96. The molecule has 0 atom stereocenters. The van der Waals surface area contributed by atoms with Crippen molar-refractivity contribution >= 4 is 32.8 Å². The summed E-state index contributed by atoms with van der Waals surface area (Å²) in [6, 6.07) is 25.4. The van der Waals surface area contributed by atoms with Gasteiger partial charge < -0.3 is 5.32 Å². The molecule has 0 fully saturated rings. The lowest BCUT2D eigenvalue weighted by atomic mass is 10.2. The molecule has 1 amide bonds. The van der Waals surface area contributed by atoms with Crippen LogP contribution in [-0.4, -0.2) is 20.1 Å². The average molecular weight is 422 g/mol. The number of amides is 1. The van der Waals surface area contributed by atoms with E-state index in [1.807, 2.05) is 48.5 Å². The monoisotopic (exact) mass is 421 g/mol. The van der Waals surface area contributed by atoms with Gasteiger partial charge in [0.05, 0.1) is 22.9 Å². The van der Waals surface area contributed by atoms with Crippen molar-refractivity contribution in [2.24, 2.45) is 10.2 Å². The topological polar surface area (TPSA) is 88.0 Å². The minimum atomic E-state index is -3.24. The largest absolute Gasteiger partial charge is 0.326 e. The van der Waals surface area contributed by atoms with Gasteiger partial charge in [0.2, 0.25) is 5.91 Å². The Balaban J connectivity index is 1.44. The van der Waals surface area contributed by atoms with Gasteiger partial charge in [-0.3, -0.25) is 4.79 Å². The van der Waals surface area contributed by atoms with E-state index in [9.17, 15) is 13.2 Å². The van der Waals surface area contributed by atoms with Crippen LogP contribution in [0.15, 0.2) is 95.2 Å². The van der Waals surface area contributed by atoms with Crippen molar-refractivity contribution in [3.8, 4) is 0 Å². The van der Waals surface area contributed by atoms with Gasteiger partial charge in [0.25, 0.3) is 0 Å². The molecule has 154 valence electrons. The van der Waals surface area contributed by atoms with E-state index in [4.69, 9.17) is 0 Å². The lowest BCUT2D eigenvalue weighted by molar-refractivity contribution is -0.116. The van der Waals surface area contributed by atoms with Crippen molar-refractivity contribution in [3.05, 3.63) is 90.5 Å². The molecule has 6 nitrogen and oxygen atoms in total. The molecule has 0 aromatic heterocycles. The number of hydrogen-bond donors (Lipinski definition) is 1. The lowest BCUT2D eigenvalue weighted by Gasteiger charge is -2.06. The molecule has 0 aliphatic carbocycles. The van der Waals surface area contributed by atoms with Crippen LogP contribution in [0.5, 0.6) is 0 Å². The minimum absolute atomic E-state index is 0.00550. The number of hydrogen-bond acceptors (Lipinski definition) is 5. The molecule has 0 bridgehead atoms. The molecule has 0 radical (unpaired) electrons. The van der Waals surface area contributed by atoms with Gasteiger partial charge in [0, 0.05) is 12.1 Å². The van der Waals surface area contributed by atoms with E-state index in [0.717, 1.165) is 11.3 Å². The van der Waals surface area contributed by atoms with Crippen LogP contribution in [0, 0.1) is 0 Å². The molecule has 7 heteroatoms. The number of carbonyl (C=O) groups excluding carboxylic acids is 1. The van der Waals surface area contributed by atoms with Crippen LogP contribution in [0.1, 0.15) is 18.4 Å². The normalized spacial score (nSPS) is 11.5. The fourth-order valence-corrected chi connectivity index (χ4v) is 4.23. The van der Waals surface area contributed by atoms with Crippen molar-refractivity contribution in [1.29, 1.82) is 0 Å². The molecule has 3 aromatic rings. The summed E-state index contributed by atoms with van der Waals surface area (Å²) in [5.74, 6) is -0.244. The first-order chi connectivity index (χ1) is 14.5. The predicted molar refractivity (Wildman–Crippen MR) is 119 cm³/mol. The molecule has 3 rings (SSSR count). The number of carbonyl (C=O) groups is 1. The van der Waals surface area contributed by atoms with E-state index in [2.05, 4.69) is 15.5 Å². The van der Waals surface area contributed by atoms with Crippen molar-refractivity contribution in [3.63, 3.8) is 0 Å². The molecule has 0 saturated carbocycles. The van der Waals surface area contributed by atoms with Gasteiger partial charge >= 0.3 is 0 Å². The molecule has 0 unspecified atom stereocenters. The Morgan fingerprint density at radius 3 is 1.97 bits per heavy atom. The highest BCUT2D eigenvalue weighted by atomic mass is 32.2. The van der Waals surface area contributed by atoms with Gasteiger partial charge in [-0.2, -0.15) is 10.2 Å². The van der Waals surface area contributed by atoms with Gasteiger partial charge in [-0.1, -0.05) is 48.5 Å². The first-order valence-electron chi connectivity index (χ1n) is 9.61. The highest BCUT2D eigenvalue weighted by molar-refractivity contribution is 7.90. The Morgan fingerprint density at radius 1 is 0.767 bits per heavy atom. The standard InChI is InChI=1S/C23H23N3O3S/c27-23(12-7-17-30(28,29)18-19-8-3-1-4-9-19)24-20-13-15-22(16-14-20)26-25-21-10-5-2-6-11-21/h1-6,8-11,13-16H,7,12,17-18H2,(H,24,27). The molecule has 0 aliphatic heterocycles. The van der Waals surface area contributed by atoms with Gasteiger partial charge in [-0.05, 0) is 48.4 Å². The van der Waals surface area contributed by atoms with Crippen LogP contribution in [0.3, 0.4) is 0 Å². The summed E-state index contributed by atoms with van der Waals surface area (Å²) in [7, 11) is -3.24. The van der Waals surface area contributed by atoms with Crippen molar-refractivity contribution in [2.45, 2.75) is 18.6 Å². The van der Waals surface area contributed by atoms with E-state index in [1.165, 1.54) is 0 Å². The van der Waals surface area contributed by atoms with E-state index in [1.54, 1.807) is 36.4 Å². The fraction of sp³-hybridized carbons (Fsp3) is 0.174. The second-order valence-corrected chi connectivity index (χ2v) is 9.00. The quantitative estimate of drug-likeness (QED) is 0.467. The van der Waals surface area contributed by atoms with E-state index in [0.29, 0.717) is 11.4 Å². The third kappa shape index (κ3) is 7.25. The zero-order valence-corrected chi connectivity index (χ0v) is 17.3. The SMILES string of the molecule is O=C(CCCS(=O)(=O)Cc1ccccc1)Nc1ccc(N=Nc2ccccc2)cc1. The van der Waals surface area contributed by atoms with Crippen LogP contribution in [0.25, 0.3) is 0 Å². The van der Waals surface area contributed by atoms with Crippen LogP contribution in [0.4, 0.5) is 17.1 Å². The Morgan fingerprint density at radius 2 is 1.33 bits per heavy atom. The maximum absolute atomic E-state index is 12.2. The zero-order valence-electron chi connectivity index (χ0n) is 16.4. The summed E-state index contributed by atoms with van der Waals surface area (Å²) in [5.41, 5.74) is 2.82. The van der Waals surface area contributed by atoms with Crippen LogP contribution < -0.4 is 5.32 Å². The molecule has 0 heterocycles. The molecular formula is C23H23N3O3S. The van der Waals surface area contributed by atoms with Gasteiger partial charge in [0.15, 0.2) is 9.84 Å². The number of sulfone groups is 1. The summed E-state index contributed by atoms with van der Waals surface area (Å²) < 4.78 is 24.4. The van der Waals surface area contributed by atoms with Gasteiger partial charge in [-0.25, -0.2) is 8.42 Å². The van der Waals surface area contributed by atoms with Gasteiger partial charge in [0.1, 0.15) is 0 Å². The van der Waals surface area contributed by atoms with Crippen molar-refractivity contribution in [2.75, 3.05) is 11.1 Å². The predicted octanol–water partition coefficient (Wildman–Crippen LogP) is 5.44. The zero-order chi connectivity index (χ0) is 21.2. The summed E-state index contributed by atoms with van der Waals surface area (Å²) in [4.78, 5) is 12.1. The highest BCUT2D eigenvalue weighted by Crippen LogP contribution is 2.20. The Labute approximate surface area is 176 Å². The average Bonchev–Trinajstić information content (AvgIpc) is 2.74. The third-order valence-electron chi connectivity index (χ3n) is 4.28. The number of azo groups is 1. The first-order valence-corrected chi connectivity index (χ1v) is 11.4. The Bertz CT molecular complexity index is 1080. The van der Waals surface area contributed by atoms with Crippen molar-refractivity contribution < 1.29 is 13.2 Å². The van der Waals surface area contributed by atoms with Crippen LogP contribution in [-0.2, 0) is 20.4 Å². The lowest BCUT2D eigenvalue weighted by Crippen LogP contribution is -2.15. The Hall–Kier alpha value is -3.32. The fourth-order valence-electron chi connectivity index (χ4n) is 2.80. The summed E-state index contributed by atoms with van der Waals surface area (Å²) in [5, 5.41) is 11.1. The number of rotatable bonds is 9. The molecular weight excluding hydrogens is 398 g/mol. The number of benzene rings is 3. The highest BCUT2D eigenvalue weighted by Gasteiger charge is 2.13. The molecule has 0 saturated heterocycles. The maximum atomic E-state index is 12.2. The molecule has 0 spiro atoms. The first kappa shape index (κ1) is 21.4. The van der Waals surface area contributed by atoms with Crippen LogP contribution in [0.2, 0.25) is 0 Å². The second-order valence-electron chi connectivity index (χ2n) is 6.81. The smallest absolute Gasteiger partial charge is 0.224 e. The summed E-state index contributed by atoms with van der Waals surface area (Å²) >= 11 is 0. The van der Waals surface area contributed by atoms with Crippen LogP contribution >= 0.6 is 0 Å². The van der Waals surface area contributed by atoms with Gasteiger partial charge in [-0.15, -0.1) is 0 Å². The van der Waals surface area contributed by atoms with E-state index < -0.39 is 9.84 Å². The molecule has 3 aromatic carbocycles. The molecule has 0 aliphatic rings. The number of anilines is 1. The number of nitrogens with zero attached hydrogens (tertiary/aromatic N) is 2. The molecule has 30 heavy (non-hydrogen) atoms. The maximum Gasteiger partial charge on any atom is 0.224 e. The number of nitrogens with one attached hydrogen (secondary N) is 1. The van der Waals surface area contributed by atoms with Crippen molar-refractivity contribution in [1.82, 2.24) is 0 Å². The van der Waals surface area contributed by atoms with E-state index >= 15 is 0 Å². The summed E-state index contributed by atoms with van der Waals surface area (Å²) in [6.07, 6.45) is 0.424. The summed E-state index contributed by atoms with van der Waals surface area (Å²) in [6.45, 7) is 0. The second kappa shape index (κ2) is 10.5. The van der Waals surface area contributed by atoms with E-state index in [-0.39, 0.29) is 30.3 Å².